The third kappa shape index (κ3) is 5.73. The molecule has 0 radical (unpaired) electrons. The van der Waals surface area contributed by atoms with Gasteiger partial charge in [0, 0.05) is 38.4 Å². The van der Waals surface area contributed by atoms with Crippen LogP contribution < -0.4 is 14.8 Å². The largest absolute Gasteiger partial charge is 0.439 e. The van der Waals surface area contributed by atoms with Crippen molar-refractivity contribution >= 4 is 18.5 Å². The van der Waals surface area contributed by atoms with Gasteiger partial charge in [0.1, 0.15) is 11.5 Å². The average molecular weight is 404 g/mol. The molecule has 1 aliphatic rings. The molecule has 27 heavy (non-hydrogen) atoms. The summed E-state index contributed by atoms with van der Waals surface area (Å²) in [6, 6.07) is 8.20. The van der Waals surface area contributed by atoms with Crippen LogP contribution in [0.4, 0.5) is 18.0 Å². The van der Waals surface area contributed by atoms with Crippen LogP contribution in [0.25, 0.3) is 0 Å². The first-order valence-electron chi connectivity index (χ1n) is 7.90. The van der Waals surface area contributed by atoms with Crippen molar-refractivity contribution in [2.75, 3.05) is 26.2 Å². The molecular weight excluding hydrogens is 387 g/mol. The van der Waals surface area contributed by atoms with E-state index in [1.165, 1.54) is 0 Å². The molecule has 0 bridgehead atoms. The first kappa shape index (κ1) is 20.8. The zero-order chi connectivity index (χ0) is 18.6. The van der Waals surface area contributed by atoms with Crippen LogP contribution in [0.3, 0.4) is 0 Å². The van der Waals surface area contributed by atoms with E-state index < -0.39 is 17.8 Å². The van der Waals surface area contributed by atoms with Gasteiger partial charge < -0.3 is 19.7 Å². The first-order valence-corrected chi connectivity index (χ1v) is 7.90. The molecule has 10 heteroatoms. The molecule has 6 nitrogen and oxygen atoms in total. The van der Waals surface area contributed by atoms with Crippen LogP contribution in [0.15, 0.2) is 42.6 Å². The van der Waals surface area contributed by atoms with E-state index in [9.17, 15) is 18.0 Å². The van der Waals surface area contributed by atoms with Gasteiger partial charge in [0.05, 0.1) is 5.56 Å². The maximum Gasteiger partial charge on any atom is 0.417 e. The fourth-order valence-corrected chi connectivity index (χ4v) is 2.32. The first-order chi connectivity index (χ1) is 12.4. The number of nitrogens with one attached hydrogen (secondary N) is 1. The quantitative estimate of drug-likeness (QED) is 0.846. The van der Waals surface area contributed by atoms with Crippen LogP contribution in [0.5, 0.6) is 17.4 Å². The Morgan fingerprint density at radius 1 is 1.04 bits per heavy atom. The van der Waals surface area contributed by atoms with Crippen LogP contribution >= 0.6 is 12.4 Å². The minimum atomic E-state index is -4.44. The van der Waals surface area contributed by atoms with Crippen molar-refractivity contribution in [1.29, 1.82) is 0 Å². The second-order valence-electron chi connectivity index (χ2n) is 5.56. The van der Waals surface area contributed by atoms with Gasteiger partial charge in [0.2, 0.25) is 5.88 Å². The molecule has 0 aliphatic carbocycles. The van der Waals surface area contributed by atoms with Gasteiger partial charge in [-0.3, -0.25) is 0 Å². The van der Waals surface area contributed by atoms with Crippen molar-refractivity contribution < 1.29 is 27.4 Å². The molecule has 146 valence electrons. The summed E-state index contributed by atoms with van der Waals surface area (Å²) >= 11 is 0. The summed E-state index contributed by atoms with van der Waals surface area (Å²) in [6.45, 7) is 2.61. The van der Waals surface area contributed by atoms with Crippen LogP contribution in [0.2, 0.25) is 0 Å². The highest BCUT2D eigenvalue weighted by Crippen LogP contribution is 2.30. The molecule has 1 aromatic carbocycles. The fraction of sp³-hybridized carbons (Fsp3) is 0.294. The Morgan fingerprint density at radius 3 is 2.22 bits per heavy atom. The average Bonchev–Trinajstić information content (AvgIpc) is 2.64. The van der Waals surface area contributed by atoms with Gasteiger partial charge >= 0.3 is 12.3 Å². The lowest BCUT2D eigenvalue weighted by molar-refractivity contribution is -0.137. The third-order valence-corrected chi connectivity index (χ3v) is 3.69. The molecule has 1 saturated heterocycles. The molecule has 0 atom stereocenters. The van der Waals surface area contributed by atoms with E-state index in [0.717, 1.165) is 25.2 Å². The molecule has 1 amide bonds. The number of aromatic nitrogens is 1. The van der Waals surface area contributed by atoms with E-state index in [2.05, 4.69) is 10.3 Å². The molecular formula is C17H17ClF3N3O3. The van der Waals surface area contributed by atoms with Gasteiger partial charge in [-0.2, -0.15) is 13.2 Å². The monoisotopic (exact) mass is 403 g/mol. The maximum absolute atomic E-state index is 12.5. The number of pyridine rings is 1. The molecule has 2 aromatic rings. The summed E-state index contributed by atoms with van der Waals surface area (Å²) in [5, 5.41) is 3.14. The standard InChI is InChI=1S/C17H16F3N3O3.ClH/c18-17(19,20)12-1-6-15(22-11-12)25-13-2-4-14(5-3-13)26-16(24)23-9-7-21-8-10-23;/h1-6,11,21H,7-10H2;1H. The van der Waals surface area contributed by atoms with Crippen LogP contribution in [-0.4, -0.2) is 42.2 Å². The fourth-order valence-electron chi connectivity index (χ4n) is 2.32. The van der Waals surface area contributed by atoms with Gasteiger partial charge in [0.25, 0.3) is 0 Å². The number of carbonyl (C=O) groups excluding carboxylic acids is 1. The highest BCUT2D eigenvalue weighted by molar-refractivity contribution is 5.85. The molecule has 1 fully saturated rings. The van der Waals surface area contributed by atoms with Crippen molar-refractivity contribution in [2.45, 2.75) is 6.18 Å². The Labute approximate surface area is 159 Å². The molecule has 1 aliphatic heterocycles. The van der Waals surface area contributed by atoms with Crippen molar-refractivity contribution in [2.24, 2.45) is 0 Å². The minimum absolute atomic E-state index is 0. The number of benzene rings is 1. The van der Waals surface area contributed by atoms with Crippen molar-refractivity contribution in [3.05, 3.63) is 48.2 Å². The Morgan fingerprint density at radius 2 is 1.67 bits per heavy atom. The summed E-state index contributed by atoms with van der Waals surface area (Å²) in [6.07, 6.45) is -4.16. The van der Waals surface area contributed by atoms with E-state index >= 15 is 0 Å². The number of halogens is 4. The lowest BCUT2D eigenvalue weighted by atomic mass is 10.3. The number of hydrogen-bond donors (Lipinski definition) is 1. The molecule has 1 N–H and O–H groups in total. The predicted molar refractivity (Wildman–Crippen MR) is 93.5 cm³/mol. The number of piperazine rings is 1. The van der Waals surface area contributed by atoms with Gasteiger partial charge in [-0.05, 0) is 30.3 Å². The van der Waals surface area contributed by atoms with Gasteiger partial charge in [-0.15, -0.1) is 12.4 Å². The van der Waals surface area contributed by atoms with Crippen LogP contribution in [-0.2, 0) is 6.18 Å². The summed E-state index contributed by atoms with van der Waals surface area (Å²) in [4.78, 5) is 17.2. The summed E-state index contributed by atoms with van der Waals surface area (Å²) in [5.74, 6) is 0.740. The molecule has 2 heterocycles. The molecule has 3 rings (SSSR count). The minimum Gasteiger partial charge on any atom is -0.439 e. The normalized spacial score (nSPS) is 14.3. The third-order valence-electron chi connectivity index (χ3n) is 3.69. The van der Waals surface area contributed by atoms with Gasteiger partial charge in [-0.25, -0.2) is 9.78 Å². The Kier molecular flexibility index (Phi) is 6.86. The lowest BCUT2D eigenvalue weighted by Gasteiger charge is -2.26. The number of carbonyl (C=O) groups is 1. The summed E-state index contributed by atoms with van der Waals surface area (Å²) in [5.41, 5.74) is -0.847. The highest BCUT2D eigenvalue weighted by Gasteiger charge is 2.30. The van der Waals surface area contributed by atoms with Crippen molar-refractivity contribution in [1.82, 2.24) is 15.2 Å². The highest BCUT2D eigenvalue weighted by atomic mass is 35.5. The zero-order valence-corrected chi connectivity index (χ0v) is 14.8. The van der Waals surface area contributed by atoms with Gasteiger partial charge in [-0.1, -0.05) is 0 Å². The molecule has 1 aromatic heterocycles. The lowest BCUT2D eigenvalue weighted by Crippen LogP contribution is -2.47. The topological polar surface area (TPSA) is 63.7 Å². The second-order valence-corrected chi connectivity index (χ2v) is 5.56. The number of hydrogen-bond acceptors (Lipinski definition) is 5. The number of nitrogens with zero attached hydrogens (tertiary/aromatic N) is 2. The van der Waals surface area contributed by atoms with Crippen LogP contribution in [0.1, 0.15) is 5.56 Å². The number of amides is 1. The number of rotatable bonds is 3. The molecule has 0 saturated carbocycles. The summed E-state index contributed by atoms with van der Waals surface area (Å²) in [7, 11) is 0. The molecule has 0 unspecified atom stereocenters. The van der Waals surface area contributed by atoms with E-state index in [0.29, 0.717) is 30.8 Å². The van der Waals surface area contributed by atoms with E-state index in [-0.39, 0.29) is 18.3 Å². The smallest absolute Gasteiger partial charge is 0.417 e. The predicted octanol–water partition coefficient (Wildman–Crippen LogP) is 3.72. The molecule has 0 spiro atoms. The Bertz CT molecular complexity index is 749. The van der Waals surface area contributed by atoms with Gasteiger partial charge in [0.15, 0.2) is 0 Å². The number of ether oxygens (including phenoxy) is 2. The second kappa shape index (κ2) is 8.92. The zero-order valence-electron chi connectivity index (χ0n) is 14.0. The SMILES string of the molecule is Cl.O=C(Oc1ccc(Oc2ccc(C(F)(F)F)cn2)cc1)N1CCNCC1. The maximum atomic E-state index is 12.5. The van der Waals surface area contributed by atoms with Crippen LogP contribution in [0, 0.1) is 0 Å². The Balaban J connectivity index is 0.00000261. The van der Waals surface area contributed by atoms with Crippen molar-refractivity contribution in [3.8, 4) is 17.4 Å². The Hall–Kier alpha value is -2.52. The van der Waals surface area contributed by atoms with E-state index in [1.807, 2.05) is 0 Å². The van der Waals surface area contributed by atoms with E-state index in [1.54, 1.807) is 29.2 Å². The van der Waals surface area contributed by atoms with Crippen molar-refractivity contribution in [3.63, 3.8) is 0 Å². The summed E-state index contributed by atoms with van der Waals surface area (Å²) < 4.78 is 48.2. The van der Waals surface area contributed by atoms with E-state index in [4.69, 9.17) is 9.47 Å². The number of alkyl halides is 3.